The number of benzene rings is 2. The van der Waals surface area contributed by atoms with Gasteiger partial charge in [0.1, 0.15) is 11.6 Å². The lowest BCUT2D eigenvalue weighted by Crippen LogP contribution is -2.43. The summed E-state index contributed by atoms with van der Waals surface area (Å²) in [5, 5.41) is -0.122. The van der Waals surface area contributed by atoms with Crippen molar-refractivity contribution >= 4 is 58.4 Å². The molecule has 2 aromatic carbocycles. The maximum atomic E-state index is 13.7. The average Bonchev–Trinajstić information content (AvgIpc) is 3.96. The number of carbonyl (C=O) groups excluding carboxylic acids is 4. The van der Waals surface area contributed by atoms with Crippen LogP contribution < -0.4 is 15.5 Å². The number of hydrogen-bond donors (Lipinski definition) is 1. The number of carbonyl (C=O) groups is 4. The minimum atomic E-state index is -0.552. The lowest BCUT2D eigenvalue weighted by atomic mass is 10.1. The zero-order valence-electron chi connectivity index (χ0n) is 34.9. The molecule has 2 fully saturated rings. The van der Waals surface area contributed by atoms with Crippen molar-refractivity contribution in [1.82, 2.24) is 29.6 Å². The summed E-state index contributed by atoms with van der Waals surface area (Å²) in [5.41, 5.74) is 8.24. The fourth-order valence-electron chi connectivity index (χ4n) is 6.84. The Hall–Kier alpha value is -5.26. The van der Waals surface area contributed by atoms with Crippen LogP contribution in [0.4, 0.5) is 29.7 Å². The van der Waals surface area contributed by atoms with E-state index >= 15 is 0 Å². The van der Waals surface area contributed by atoms with E-state index in [0.29, 0.717) is 60.1 Å². The Balaban J connectivity index is 0.000000231. The first-order valence-electron chi connectivity index (χ1n) is 19.8. The highest BCUT2D eigenvalue weighted by Gasteiger charge is 2.33. The van der Waals surface area contributed by atoms with Gasteiger partial charge in [-0.15, -0.1) is 0 Å². The Morgan fingerprint density at radius 1 is 0.721 bits per heavy atom. The lowest BCUT2D eigenvalue weighted by Gasteiger charge is -2.29. The molecule has 2 aromatic heterocycles. The van der Waals surface area contributed by atoms with Crippen molar-refractivity contribution in [2.45, 2.75) is 44.9 Å². The first kappa shape index (κ1) is 46.8. The second-order valence-electron chi connectivity index (χ2n) is 15.1. The number of anilines is 2. The van der Waals surface area contributed by atoms with Crippen molar-refractivity contribution in [1.29, 1.82) is 0 Å². The van der Waals surface area contributed by atoms with Gasteiger partial charge in [-0.25, -0.2) is 23.2 Å². The van der Waals surface area contributed by atoms with E-state index in [0.717, 1.165) is 12.8 Å². The maximum absolute atomic E-state index is 13.7. The van der Waals surface area contributed by atoms with E-state index in [1.807, 2.05) is 28.2 Å². The van der Waals surface area contributed by atoms with Gasteiger partial charge in [-0.05, 0) is 109 Å². The summed E-state index contributed by atoms with van der Waals surface area (Å²) in [6.07, 6.45) is 4.63. The summed E-state index contributed by atoms with van der Waals surface area (Å²) in [7, 11) is 7.96. The number of urea groups is 2. The predicted molar refractivity (Wildman–Crippen MR) is 231 cm³/mol. The van der Waals surface area contributed by atoms with Gasteiger partial charge < -0.3 is 30.1 Å². The Morgan fingerprint density at radius 3 is 1.51 bits per heavy atom. The molecule has 0 radical (unpaired) electrons. The van der Waals surface area contributed by atoms with Gasteiger partial charge in [-0.3, -0.25) is 24.6 Å². The van der Waals surface area contributed by atoms with E-state index in [2.05, 4.69) is 19.8 Å². The SMILES string of the molecule is CCOC(=O)c1ccc(CN(C(=O)N2CC[C@@H](N(C)C)C2)c2ccc(F)c(Cl)c2)nc1.CN(C)[C@@H]1CCN(C(=O)N(Cc2ccc(C(=O)CN)cn2)c2ccc(F)c(Cl)c2)C1. The predicted octanol–water partition coefficient (Wildman–Crippen LogP) is 6.59. The summed E-state index contributed by atoms with van der Waals surface area (Å²) in [5.74, 6) is -1.77. The largest absolute Gasteiger partial charge is 0.462 e. The van der Waals surface area contributed by atoms with Crippen LogP contribution in [-0.4, -0.2) is 133 Å². The van der Waals surface area contributed by atoms with E-state index in [9.17, 15) is 28.0 Å². The van der Waals surface area contributed by atoms with E-state index in [1.54, 1.807) is 41.0 Å². The van der Waals surface area contributed by atoms with Crippen molar-refractivity contribution in [2.24, 2.45) is 5.73 Å². The monoisotopic (exact) mass is 881 g/mol. The molecule has 2 aliphatic heterocycles. The number of hydrogen-bond acceptors (Lipinski definition) is 10. The minimum absolute atomic E-state index is 0.0604. The fraction of sp³-hybridized carbons (Fsp3) is 0.395. The van der Waals surface area contributed by atoms with Crippen molar-refractivity contribution in [2.75, 3.05) is 77.3 Å². The smallest absolute Gasteiger partial charge is 0.339 e. The molecule has 2 atom stereocenters. The molecule has 2 aliphatic rings. The van der Waals surface area contributed by atoms with Crippen LogP contribution >= 0.6 is 23.2 Å². The Morgan fingerprint density at radius 2 is 1.16 bits per heavy atom. The maximum Gasteiger partial charge on any atom is 0.339 e. The number of aromatic nitrogens is 2. The zero-order chi connectivity index (χ0) is 44.4. The van der Waals surface area contributed by atoms with Crippen LogP contribution in [-0.2, 0) is 17.8 Å². The van der Waals surface area contributed by atoms with Crippen LogP contribution in [0.25, 0.3) is 0 Å². The van der Waals surface area contributed by atoms with E-state index in [1.165, 1.54) is 58.6 Å². The number of esters is 1. The van der Waals surface area contributed by atoms with Crippen LogP contribution in [0.1, 0.15) is 51.9 Å². The van der Waals surface area contributed by atoms with Gasteiger partial charge in [0.05, 0.1) is 53.2 Å². The number of likely N-dealkylation sites (N-methyl/N-ethyl adjacent to an activating group) is 2. The molecule has 0 unspecified atom stereocenters. The Bertz CT molecular complexity index is 2170. The molecular weight excluding hydrogens is 831 g/mol. The van der Waals surface area contributed by atoms with Crippen molar-refractivity contribution in [3.63, 3.8) is 0 Å². The highest BCUT2D eigenvalue weighted by molar-refractivity contribution is 6.31. The molecule has 0 bridgehead atoms. The van der Waals surface area contributed by atoms with Gasteiger partial charge in [0.25, 0.3) is 0 Å². The van der Waals surface area contributed by atoms with Crippen LogP contribution in [0, 0.1) is 11.6 Å². The number of amides is 4. The van der Waals surface area contributed by atoms with E-state index < -0.39 is 17.6 Å². The standard InChI is InChI=1S/C22H26ClFN4O3.C21H25ClFN5O2/c1-4-31-21(29)15-5-6-16(25-12-15)13-28(17-7-8-20(24)19(23)11-17)22(30)27-10-9-18(14-27)26(2)3;1-26(2)17-7-8-27(13-17)21(30)28(16-5-6-19(23)18(22)9-16)12-15-4-3-14(11-25-15)20(29)10-24/h5-8,11-12,18H,4,9-10,13-14H2,1-3H3;3-6,9,11,17H,7-8,10,12-13,24H2,1-2H3/t18-;17-/m11/s1. The third kappa shape index (κ3) is 12.2. The molecule has 0 saturated carbocycles. The van der Waals surface area contributed by atoms with Crippen molar-refractivity contribution in [3.8, 4) is 0 Å². The fourth-order valence-corrected chi connectivity index (χ4v) is 7.19. The molecule has 4 aromatic rings. The highest BCUT2D eigenvalue weighted by Crippen LogP contribution is 2.28. The number of halogens is 4. The van der Waals surface area contributed by atoms with Crippen LogP contribution in [0.15, 0.2) is 73.1 Å². The summed E-state index contributed by atoms with van der Waals surface area (Å²) in [6.45, 7) is 4.68. The number of likely N-dealkylation sites (tertiary alicyclic amines) is 2. The summed E-state index contributed by atoms with van der Waals surface area (Å²) >= 11 is 11.9. The molecule has 61 heavy (non-hydrogen) atoms. The molecule has 0 spiro atoms. The second kappa shape index (κ2) is 21.5. The van der Waals surface area contributed by atoms with E-state index in [-0.39, 0.29) is 66.2 Å². The summed E-state index contributed by atoms with van der Waals surface area (Å²) in [6, 6.07) is 15.1. The number of ketones is 1. The molecule has 18 heteroatoms. The topological polar surface area (TPSA) is 149 Å². The van der Waals surface area contributed by atoms with Gasteiger partial charge in [0, 0.05) is 67.6 Å². The third-order valence-corrected chi connectivity index (χ3v) is 11.1. The van der Waals surface area contributed by atoms with Crippen molar-refractivity contribution in [3.05, 3.63) is 117 Å². The zero-order valence-corrected chi connectivity index (χ0v) is 36.4. The van der Waals surface area contributed by atoms with Crippen molar-refractivity contribution < 1.29 is 32.7 Å². The molecule has 0 aliphatic carbocycles. The number of Topliss-reactive ketones (excluding diaryl/α,β-unsaturated/α-hetero) is 1. The number of nitrogens with two attached hydrogens (primary N) is 1. The average molecular weight is 883 g/mol. The van der Waals surface area contributed by atoms with Crippen LogP contribution in [0.2, 0.25) is 10.0 Å². The Labute approximate surface area is 364 Å². The molecule has 326 valence electrons. The Kier molecular flexibility index (Phi) is 16.5. The first-order chi connectivity index (χ1) is 29.1. The van der Waals surface area contributed by atoms with Gasteiger partial charge in [0.2, 0.25) is 0 Å². The quantitative estimate of drug-likeness (QED) is 0.122. The third-order valence-electron chi connectivity index (χ3n) is 10.5. The minimum Gasteiger partial charge on any atom is -0.462 e. The number of ether oxygens (including phenoxy) is 1. The van der Waals surface area contributed by atoms with Gasteiger partial charge in [-0.2, -0.15) is 0 Å². The molecule has 4 heterocycles. The lowest BCUT2D eigenvalue weighted by molar-refractivity contribution is 0.0525. The highest BCUT2D eigenvalue weighted by atomic mass is 35.5. The number of pyridine rings is 2. The molecule has 2 N–H and O–H groups in total. The molecule has 6 rings (SSSR count). The second-order valence-corrected chi connectivity index (χ2v) is 15.9. The van der Waals surface area contributed by atoms with Gasteiger partial charge in [-0.1, -0.05) is 23.2 Å². The molecule has 2 saturated heterocycles. The molecular formula is C43H51Cl2F2N9O5. The first-order valence-corrected chi connectivity index (χ1v) is 20.5. The normalized spacial score (nSPS) is 16.1. The molecule has 14 nitrogen and oxygen atoms in total. The van der Waals surface area contributed by atoms with Crippen LogP contribution in [0.5, 0.6) is 0 Å². The van der Waals surface area contributed by atoms with Crippen LogP contribution in [0.3, 0.4) is 0 Å². The summed E-state index contributed by atoms with van der Waals surface area (Å²) < 4.78 is 32.4. The molecule has 4 amide bonds. The van der Waals surface area contributed by atoms with Gasteiger partial charge in [0.15, 0.2) is 5.78 Å². The number of rotatable bonds is 12. The number of nitrogens with zero attached hydrogens (tertiary/aromatic N) is 8. The van der Waals surface area contributed by atoms with E-state index in [4.69, 9.17) is 33.7 Å². The van der Waals surface area contributed by atoms with Gasteiger partial charge >= 0.3 is 18.0 Å². The summed E-state index contributed by atoms with van der Waals surface area (Å²) in [4.78, 5) is 69.7.